The maximum absolute atomic E-state index is 9.99. The predicted octanol–water partition coefficient (Wildman–Crippen LogP) is 0.348. The number of ether oxygens (including phenoxy) is 1. The lowest BCUT2D eigenvalue weighted by Crippen LogP contribution is -2.37. The van der Waals surface area contributed by atoms with Crippen LogP contribution in [0.4, 0.5) is 5.82 Å². The minimum Gasteiger partial charge on any atom is -0.386 e. The minimum absolute atomic E-state index is 0.393. The number of aryl methyl sites for hydroxylation is 1. The number of nitrogens with zero attached hydrogens (tertiary/aromatic N) is 2. The van der Waals surface area contributed by atoms with E-state index in [4.69, 9.17) is 4.74 Å². The van der Waals surface area contributed by atoms with Crippen LogP contribution in [0.5, 0.6) is 0 Å². The van der Waals surface area contributed by atoms with Gasteiger partial charge < -0.3 is 15.2 Å². The molecule has 2 heterocycles. The van der Waals surface area contributed by atoms with Crippen molar-refractivity contribution in [1.82, 2.24) is 9.97 Å². The summed E-state index contributed by atoms with van der Waals surface area (Å²) >= 11 is 0. The van der Waals surface area contributed by atoms with E-state index in [0.29, 0.717) is 26.2 Å². The molecule has 1 aromatic rings. The van der Waals surface area contributed by atoms with Gasteiger partial charge in [-0.2, -0.15) is 0 Å². The second-order valence-corrected chi connectivity index (χ2v) is 3.93. The molecule has 2 N–H and O–H groups in total. The molecule has 0 aromatic carbocycles. The summed E-state index contributed by atoms with van der Waals surface area (Å²) in [5.74, 6) is 0.739. The van der Waals surface area contributed by atoms with Crippen LogP contribution in [-0.2, 0) is 4.74 Å². The molecule has 15 heavy (non-hydrogen) atoms. The van der Waals surface area contributed by atoms with Gasteiger partial charge in [-0.1, -0.05) is 0 Å². The van der Waals surface area contributed by atoms with E-state index in [2.05, 4.69) is 15.3 Å². The highest BCUT2D eigenvalue weighted by Crippen LogP contribution is 2.18. The number of anilines is 1. The second kappa shape index (κ2) is 4.12. The van der Waals surface area contributed by atoms with Crippen LogP contribution in [0.2, 0.25) is 0 Å². The maximum atomic E-state index is 9.99. The molecular formula is C10H15N3O2. The number of nitrogens with one attached hydrogen (secondary N) is 1. The van der Waals surface area contributed by atoms with Gasteiger partial charge in [-0.25, -0.2) is 9.97 Å². The topological polar surface area (TPSA) is 67.3 Å². The number of aliphatic hydroxyl groups is 1. The first kappa shape index (κ1) is 10.3. The Morgan fingerprint density at radius 2 is 2.47 bits per heavy atom. The summed E-state index contributed by atoms with van der Waals surface area (Å²) in [6, 6.07) is 1.85. The Kier molecular flexibility index (Phi) is 2.83. The minimum atomic E-state index is -0.751. The molecule has 0 radical (unpaired) electrons. The molecule has 82 valence electrons. The summed E-state index contributed by atoms with van der Waals surface area (Å²) in [6.45, 7) is 3.38. The van der Waals surface area contributed by atoms with Crippen LogP contribution in [0.1, 0.15) is 12.1 Å². The van der Waals surface area contributed by atoms with Crippen molar-refractivity contribution in [3.05, 3.63) is 18.1 Å². The van der Waals surface area contributed by atoms with Gasteiger partial charge in [-0.05, 0) is 6.92 Å². The molecule has 1 fully saturated rings. The van der Waals surface area contributed by atoms with Crippen molar-refractivity contribution in [2.75, 3.05) is 25.1 Å². The Hall–Kier alpha value is -1.20. The number of rotatable bonds is 3. The van der Waals surface area contributed by atoms with Crippen molar-refractivity contribution in [3.8, 4) is 0 Å². The van der Waals surface area contributed by atoms with Crippen LogP contribution in [0.3, 0.4) is 0 Å². The molecule has 1 aromatic heterocycles. The molecule has 5 nitrogen and oxygen atoms in total. The fraction of sp³-hybridized carbons (Fsp3) is 0.600. The number of hydrogen-bond acceptors (Lipinski definition) is 5. The number of aromatic nitrogens is 2. The normalized spacial score (nSPS) is 25.5. The Labute approximate surface area is 88.5 Å². The third-order valence-electron chi connectivity index (χ3n) is 2.48. The highest BCUT2D eigenvalue weighted by atomic mass is 16.5. The molecule has 1 aliphatic rings. The largest absolute Gasteiger partial charge is 0.386 e. The summed E-state index contributed by atoms with van der Waals surface area (Å²) in [7, 11) is 0. The Balaban J connectivity index is 1.92. The van der Waals surface area contributed by atoms with Crippen molar-refractivity contribution < 1.29 is 9.84 Å². The monoisotopic (exact) mass is 209 g/mol. The Morgan fingerprint density at radius 1 is 1.60 bits per heavy atom. The van der Waals surface area contributed by atoms with E-state index < -0.39 is 5.60 Å². The van der Waals surface area contributed by atoms with Gasteiger partial charge in [0.1, 0.15) is 17.7 Å². The molecule has 0 bridgehead atoms. The lowest BCUT2D eigenvalue weighted by molar-refractivity contribution is 0.0381. The number of hydrogen-bond donors (Lipinski definition) is 2. The molecule has 1 atom stereocenters. The zero-order valence-corrected chi connectivity index (χ0v) is 8.73. The molecular weight excluding hydrogens is 194 g/mol. The maximum Gasteiger partial charge on any atom is 0.129 e. The third kappa shape index (κ3) is 2.64. The molecule has 1 unspecified atom stereocenters. The lowest BCUT2D eigenvalue weighted by atomic mass is 10.0. The first-order valence-electron chi connectivity index (χ1n) is 5.01. The van der Waals surface area contributed by atoms with Crippen LogP contribution >= 0.6 is 0 Å². The summed E-state index contributed by atoms with van der Waals surface area (Å²) in [6.07, 6.45) is 2.18. The zero-order chi connectivity index (χ0) is 10.7. The molecule has 5 heteroatoms. The first-order valence-corrected chi connectivity index (χ1v) is 5.01. The third-order valence-corrected chi connectivity index (χ3v) is 2.48. The molecule has 2 rings (SSSR count). The van der Waals surface area contributed by atoms with Gasteiger partial charge in [0, 0.05) is 31.3 Å². The standard InChI is InChI=1S/C10H15N3O2/c1-8-4-9(13-7-12-8)11-5-10(14)2-3-15-6-10/h4,7,14H,2-3,5-6H2,1H3,(H,11,12,13). The fourth-order valence-corrected chi connectivity index (χ4v) is 1.54. The molecule has 0 spiro atoms. The van der Waals surface area contributed by atoms with Gasteiger partial charge >= 0.3 is 0 Å². The van der Waals surface area contributed by atoms with E-state index in [1.807, 2.05) is 13.0 Å². The Bertz CT molecular complexity index is 337. The van der Waals surface area contributed by atoms with Crippen molar-refractivity contribution in [1.29, 1.82) is 0 Å². The van der Waals surface area contributed by atoms with E-state index in [-0.39, 0.29) is 0 Å². The summed E-state index contributed by atoms with van der Waals surface area (Å²) in [4.78, 5) is 8.06. The second-order valence-electron chi connectivity index (χ2n) is 3.93. The lowest BCUT2D eigenvalue weighted by Gasteiger charge is -2.20. The van der Waals surface area contributed by atoms with E-state index in [1.54, 1.807) is 0 Å². The van der Waals surface area contributed by atoms with Crippen molar-refractivity contribution in [3.63, 3.8) is 0 Å². The fourth-order valence-electron chi connectivity index (χ4n) is 1.54. The van der Waals surface area contributed by atoms with E-state index in [0.717, 1.165) is 11.5 Å². The van der Waals surface area contributed by atoms with Crippen LogP contribution in [0.15, 0.2) is 12.4 Å². The molecule has 0 amide bonds. The average molecular weight is 209 g/mol. The molecule has 1 aliphatic heterocycles. The molecule has 0 aliphatic carbocycles. The highest BCUT2D eigenvalue weighted by Gasteiger charge is 2.31. The smallest absolute Gasteiger partial charge is 0.129 e. The SMILES string of the molecule is Cc1cc(NCC2(O)CCOC2)ncn1. The summed E-state index contributed by atoms with van der Waals surface area (Å²) in [5.41, 5.74) is 0.154. The van der Waals surface area contributed by atoms with Crippen LogP contribution in [0, 0.1) is 6.92 Å². The Morgan fingerprint density at radius 3 is 3.13 bits per heavy atom. The van der Waals surface area contributed by atoms with Crippen molar-refractivity contribution in [2.24, 2.45) is 0 Å². The predicted molar refractivity (Wildman–Crippen MR) is 55.6 cm³/mol. The van der Waals surface area contributed by atoms with Crippen molar-refractivity contribution >= 4 is 5.82 Å². The van der Waals surface area contributed by atoms with Gasteiger partial charge in [0.15, 0.2) is 0 Å². The van der Waals surface area contributed by atoms with Gasteiger partial charge in [0.05, 0.1) is 6.61 Å². The highest BCUT2D eigenvalue weighted by molar-refractivity contribution is 5.34. The summed E-state index contributed by atoms with van der Waals surface area (Å²) in [5, 5.41) is 13.1. The van der Waals surface area contributed by atoms with Gasteiger partial charge in [-0.15, -0.1) is 0 Å². The van der Waals surface area contributed by atoms with E-state index in [1.165, 1.54) is 6.33 Å². The van der Waals surface area contributed by atoms with Crippen LogP contribution in [0.25, 0.3) is 0 Å². The van der Waals surface area contributed by atoms with Gasteiger partial charge in [0.2, 0.25) is 0 Å². The first-order chi connectivity index (χ1) is 7.18. The molecule has 0 saturated carbocycles. The zero-order valence-electron chi connectivity index (χ0n) is 8.73. The van der Waals surface area contributed by atoms with Crippen molar-refractivity contribution in [2.45, 2.75) is 18.9 Å². The van der Waals surface area contributed by atoms with Gasteiger partial charge in [0.25, 0.3) is 0 Å². The molecule has 1 saturated heterocycles. The van der Waals surface area contributed by atoms with Crippen LogP contribution < -0.4 is 5.32 Å². The van der Waals surface area contributed by atoms with E-state index >= 15 is 0 Å². The van der Waals surface area contributed by atoms with Gasteiger partial charge in [-0.3, -0.25) is 0 Å². The summed E-state index contributed by atoms with van der Waals surface area (Å²) < 4.78 is 5.15. The van der Waals surface area contributed by atoms with E-state index in [9.17, 15) is 5.11 Å². The quantitative estimate of drug-likeness (QED) is 0.751. The van der Waals surface area contributed by atoms with Crippen LogP contribution in [-0.4, -0.2) is 40.4 Å². The average Bonchev–Trinajstić information content (AvgIpc) is 2.63.